The number of thioether (sulfide) groups is 1. The number of hydrogen-bond donors (Lipinski definition) is 1. The molecule has 1 spiro atoms. The predicted molar refractivity (Wildman–Crippen MR) is 80.5 cm³/mol. The van der Waals surface area contributed by atoms with Crippen molar-refractivity contribution in [3.8, 4) is 0 Å². The lowest BCUT2D eigenvalue weighted by Crippen LogP contribution is -2.30. The van der Waals surface area contributed by atoms with Crippen molar-refractivity contribution in [1.82, 2.24) is 0 Å². The van der Waals surface area contributed by atoms with Crippen LogP contribution < -0.4 is 5.32 Å². The molecule has 0 saturated heterocycles. The van der Waals surface area contributed by atoms with Gasteiger partial charge in [-0.3, -0.25) is 4.99 Å². The van der Waals surface area contributed by atoms with Crippen LogP contribution in [0.4, 0.5) is 5.69 Å². The summed E-state index contributed by atoms with van der Waals surface area (Å²) in [6.45, 7) is 3.13. The summed E-state index contributed by atoms with van der Waals surface area (Å²) in [7, 11) is 0. The monoisotopic (exact) mass is 260 g/mol. The molecule has 1 heterocycles. The molecule has 1 N–H and O–H groups in total. The van der Waals surface area contributed by atoms with Gasteiger partial charge in [0.1, 0.15) is 0 Å². The Morgan fingerprint density at radius 1 is 1.17 bits per heavy atom. The van der Waals surface area contributed by atoms with E-state index in [2.05, 4.69) is 36.5 Å². The Morgan fingerprint density at radius 2 is 1.89 bits per heavy atom. The van der Waals surface area contributed by atoms with Crippen LogP contribution in [0.15, 0.2) is 29.3 Å². The highest BCUT2D eigenvalue weighted by Crippen LogP contribution is 2.43. The van der Waals surface area contributed by atoms with Gasteiger partial charge in [0, 0.05) is 18.0 Å². The maximum absolute atomic E-state index is 4.75. The Morgan fingerprint density at radius 3 is 2.50 bits per heavy atom. The molecule has 96 valence electrons. The summed E-state index contributed by atoms with van der Waals surface area (Å²) in [5.41, 5.74) is 2.97. The number of aliphatic imine (C=N–C) groups is 1. The van der Waals surface area contributed by atoms with E-state index in [1.54, 1.807) is 0 Å². The molecule has 1 aliphatic heterocycles. The first-order valence-corrected chi connectivity index (χ1v) is 7.75. The number of nitrogens with zero attached hydrogens (tertiary/aromatic N) is 1. The number of hydrogen-bond acceptors (Lipinski definition) is 3. The molecule has 0 aromatic heterocycles. The van der Waals surface area contributed by atoms with Crippen LogP contribution >= 0.6 is 11.8 Å². The normalized spacial score (nSPS) is 21.9. The molecule has 2 nitrogen and oxygen atoms in total. The summed E-state index contributed by atoms with van der Waals surface area (Å²) in [6.07, 6.45) is 5.55. The van der Waals surface area contributed by atoms with E-state index in [0.717, 1.165) is 17.4 Å². The first-order valence-electron chi connectivity index (χ1n) is 6.77. The minimum absolute atomic E-state index is 0.531. The van der Waals surface area contributed by atoms with Crippen LogP contribution in [0.2, 0.25) is 0 Å². The van der Waals surface area contributed by atoms with Crippen LogP contribution in [0.5, 0.6) is 0 Å². The minimum Gasteiger partial charge on any atom is -0.335 e. The van der Waals surface area contributed by atoms with Crippen molar-refractivity contribution in [2.75, 3.05) is 17.6 Å². The molecule has 1 aromatic rings. The molecule has 0 radical (unpaired) electrons. The van der Waals surface area contributed by atoms with E-state index >= 15 is 0 Å². The lowest BCUT2D eigenvalue weighted by atomic mass is 9.89. The number of anilines is 1. The molecule has 0 unspecified atom stereocenters. The Balaban J connectivity index is 1.64. The molecule has 2 aliphatic rings. The van der Waals surface area contributed by atoms with Gasteiger partial charge in [0.2, 0.25) is 0 Å². The molecule has 1 saturated carbocycles. The van der Waals surface area contributed by atoms with Crippen molar-refractivity contribution < 1.29 is 0 Å². The van der Waals surface area contributed by atoms with Crippen LogP contribution in [-0.2, 0) is 0 Å². The largest absolute Gasteiger partial charge is 0.335 e. The highest BCUT2D eigenvalue weighted by atomic mass is 32.2. The summed E-state index contributed by atoms with van der Waals surface area (Å²) in [6, 6.07) is 8.51. The Labute approximate surface area is 113 Å². The predicted octanol–water partition coefficient (Wildman–Crippen LogP) is 4.07. The fourth-order valence-electron chi connectivity index (χ4n) is 2.82. The van der Waals surface area contributed by atoms with Gasteiger partial charge in [-0.15, -0.1) is 0 Å². The van der Waals surface area contributed by atoms with Gasteiger partial charge in [-0.1, -0.05) is 42.3 Å². The number of benzene rings is 1. The van der Waals surface area contributed by atoms with E-state index in [-0.39, 0.29) is 0 Å². The van der Waals surface area contributed by atoms with E-state index in [0.29, 0.717) is 5.41 Å². The zero-order valence-electron chi connectivity index (χ0n) is 10.9. The Bertz CT molecular complexity index is 444. The third-order valence-electron chi connectivity index (χ3n) is 4.04. The van der Waals surface area contributed by atoms with Gasteiger partial charge >= 0.3 is 0 Å². The average molecular weight is 260 g/mol. The van der Waals surface area contributed by atoms with E-state index in [1.165, 1.54) is 37.0 Å². The number of aryl methyl sites for hydroxylation is 1. The summed E-state index contributed by atoms with van der Waals surface area (Å²) >= 11 is 1.90. The highest BCUT2D eigenvalue weighted by Gasteiger charge is 2.36. The molecular formula is C15H20N2S. The first-order chi connectivity index (χ1) is 8.76. The van der Waals surface area contributed by atoms with Gasteiger partial charge in [0.05, 0.1) is 0 Å². The van der Waals surface area contributed by atoms with Crippen molar-refractivity contribution in [3.05, 3.63) is 29.8 Å². The Hall–Kier alpha value is -0.960. The molecule has 1 fully saturated rings. The SMILES string of the molecule is Cc1ccc(NC2=NCC3(CCCC3)CS2)cc1. The zero-order chi connectivity index (χ0) is 12.4. The van der Waals surface area contributed by atoms with Crippen molar-refractivity contribution >= 4 is 22.6 Å². The average Bonchev–Trinajstić information content (AvgIpc) is 2.84. The van der Waals surface area contributed by atoms with E-state index in [4.69, 9.17) is 4.99 Å². The minimum atomic E-state index is 0.531. The highest BCUT2D eigenvalue weighted by molar-refractivity contribution is 8.14. The molecule has 3 heteroatoms. The lowest BCUT2D eigenvalue weighted by Gasteiger charge is -2.31. The maximum atomic E-state index is 4.75. The smallest absolute Gasteiger partial charge is 0.161 e. The summed E-state index contributed by atoms with van der Waals surface area (Å²) in [5.74, 6) is 1.24. The quantitative estimate of drug-likeness (QED) is 0.823. The number of amidine groups is 1. The first kappa shape index (κ1) is 12.1. The van der Waals surface area contributed by atoms with Gasteiger partial charge in [-0.2, -0.15) is 0 Å². The van der Waals surface area contributed by atoms with Crippen molar-refractivity contribution in [3.63, 3.8) is 0 Å². The number of rotatable bonds is 1. The van der Waals surface area contributed by atoms with Crippen LogP contribution in [0, 0.1) is 12.3 Å². The van der Waals surface area contributed by atoms with Crippen LogP contribution in [0.1, 0.15) is 31.2 Å². The third-order valence-corrected chi connectivity index (χ3v) is 5.30. The van der Waals surface area contributed by atoms with Crippen LogP contribution in [0.25, 0.3) is 0 Å². The van der Waals surface area contributed by atoms with Gasteiger partial charge in [0.25, 0.3) is 0 Å². The van der Waals surface area contributed by atoms with Crippen molar-refractivity contribution in [2.45, 2.75) is 32.6 Å². The molecule has 0 bridgehead atoms. The molecular weight excluding hydrogens is 240 g/mol. The second kappa shape index (κ2) is 4.96. The molecule has 0 atom stereocenters. The molecule has 18 heavy (non-hydrogen) atoms. The van der Waals surface area contributed by atoms with Gasteiger partial charge < -0.3 is 5.32 Å². The third kappa shape index (κ3) is 2.56. The second-order valence-corrected chi connectivity index (χ2v) is 6.57. The second-order valence-electron chi connectivity index (χ2n) is 5.61. The van der Waals surface area contributed by atoms with Crippen molar-refractivity contribution in [2.24, 2.45) is 10.4 Å². The van der Waals surface area contributed by atoms with Crippen LogP contribution in [-0.4, -0.2) is 17.5 Å². The van der Waals surface area contributed by atoms with Crippen LogP contribution in [0.3, 0.4) is 0 Å². The lowest BCUT2D eigenvalue weighted by molar-refractivity contribution is 0.359. The Kier molecular flexibility index (Phi) is 3.33. The van der Waals surface area contributed by atoms with E-state index in [1.807, 2.05) is 11.8 Å². The zero-order valence-corrected chi connectivity index (χ0v) is 11.7. The van der Waals surface area contributed by atoms with E-state index in [9.17, 15) is 0 Å². The summed E-state index contributed by atoms with van der Waals surface area (Å²) in [5, 5.41) is 4.52. The number of nitrogens with one attached hydrogen (secondary N) is 1. The standard InChI is InChI=1S/C15H20N2S/c1-12-4-6-13(7-5-12)17-14-16-10-15(11-18-14)8-2-3-9-15/h4-7H,2-3,8-11H2,1H3,(H,16,17). The fraction of sp³-hybridized carbons (Fsp3) is 0.533. The van der Waals surface area contributed by atoms with Gasteiger partial charge in [-0.05, 0) is 37.3 Å². The molecule has 1 aromatic carbocycles. The van der Waals surface area contributed by atoms with E-state index < -0.39 is 0 Å². The van der Waals surface area contributed by atoms with Gasteiger partial charge in [-0.25, -0.2) is 0 Å². The molecule has 1 aliphatic carbocycles. The maximum Gasteiger partial charge on any atom is 0.161 e. The van der Waals surface area contributed by atoms with Crippen molar-refractivity contribution in [1.29, 1.82) is 0 Å². The summed E-state index contributed by atoms with van der Waals surface area (Å²) in [4.78, 5) is 4.75. The topological polar surface area (TPSA) is 24.4 Å². The molecule has 0 amide bonds. The fourth-order valence-corrected chi connectivity index (χ4v) is 3.98. The van der Waals surface area contributed by atoms with Gasteiger partial charge in [0.15, 0.2) is 5.17 Å². The summed E-state index contributed by atoms with van der Waals surface area (Å²) < 4.78 is 0. The molecule has 3 rings (SSSR count).